The largest absolute Gasteiger partial charge is 0.377 e. The van der Waals surface area contributed by atoms with Crippen molar-refractivity contribution in [3.63, 3.8) is 0 Å². The highest BCUT2D eigenvalue weighted by Gasteiger charge is 2.28. The molecule has 7 heteroatoms. The van der Waals surface area contributed by atoms with Crippen LogP contribution < -0.4 is 0 Å². The number of thiazole rings is 1. The summed E-state index contributed by atoms with van der Waals surface area (Å²) in [6, 6.07) is 0. The molecule has 0 aromatic carbocycles. The molecule has 0 bridgehead atoms. The topological polar surface area (TPSA) is 68.2 Å². The number of nitrogens with zero attached hydrogens (tertiary/aromatic N) is 4. The molecule has 1 aliphatic heterocycles. The molecule has 6 nitrogen and oxygen atoms in total. The van der Waals surface area contributed by atoms with E-state index >= 15 is 0 Å². The summed E-state index contributed by atoms with van der Waals surface area (Å²) in [6.45, 7) is 6.50. The molecule has 0 N–H and O–H groups in total. The van der Waals surface area contributed by atoms with Gasteiger partial charge in [-0.15, -0.1) is 11.3 Å². The molecule has 0 saturated carbocycles. The third-order valence-electron chi connectivity index (χ3n) is 4.23. The summed E-state index contributed by atoms with van der Waals surface area (Å²) in [6.07, 6.45) is 3.85. The maximum absolute atomic E-state index is 12.6. The van der Waals surface area contributed by atoms with Crippen molar-refractivity contribution in [3.8, 4) is 0 Å². The van der Waals surface area contributed by atoms with Crippen molar-refractivity contribution in [3.05, 3.63) is 39.9 Å². The monoisotopic (exact) mass is 346 g/mol. The van der Waals surface area contributed by atoms with Gasteiger partial charge in [0.2, 0.25) is 0 Å². The predicted molar refractivity (Wildman–Crippen MR) is 92.1 cm³/mol. The first-order chi connectivity index (χ1) is 11.7. The van der Waals surface area contributed by atoms with E-state index in [1.807, 2.05) is 24.9 Å². The number of aryl methyl sites for hydroxylation is 1. The van der Waals surface area contributed by atoms with Crippen LogP contribution in [0.25, 0.3) is 0 Å². The number of hydrogen-bond acceptors (Lipinski definition) is 6. The first-order valence-electron chi connectivity index (χ1n) is 8.26. The van der Waals surface area contributed by atoms with Crippen molar-refractivity contribution in [2.45, 2.75) is 39.2 Å². The summed E-state index contributed by atoms with van der Waals surface area (Å²) < 4.78 is 5.55. The summed E-state index contributed by atoms with van der Waals surface area (Å²) in [5.74, 6) is 0.991. The van der Waals surface area contributed by atoms with Gasteiger partial charge in [0.15, 0.2) is 0 Å². The van der Waals surface area contributed by atoms with E-state index in [-0.39, 0.29) is 11.8 Å². The van der Waals surface area contributed by atoms with Gasteiger partial charge >= 0.3 is 0 Å². The molecule has 1 unspecified atom stereocenters. The normalized spacial score (nSPS) is 17.9. The molecule has 1 atom stereocenters. The molecule has 2 aromatic heterocycles. The van der Waals surface area contributed by atoms with Crippen LogP contribution in [0.15, 0.2) is 17.1 Å². The zero-order valence-electron chi connectivity index (χ0n) is 14.1. The van der Waals surface area contributed by atoms with Gasteiger partial charge in [0.1, 0.15) is 11.5 Å². The molecule has 3 rings (SSSR count). The molecular formula is C17H22N4O2S. The van der Waals surface area contributed by atoms with Gasteiger partial charge in [0, 0.05) is 42.8 Å². The summed E-state index contributed by atoms with van der Waals surface area (Å²) in [5.41, 5.74) is 4.28. The van der Waals surface area contributed by atoms with E-state index in [4.69, 9.17) is 4.74 Å². The predicted octanol–water partition coefficient (Wildman–Crippen LogP) is 2.80. The minimum Gasteiger partial charge on any atom is -0.377 e. The SMILES string of the molecule is CCOCc1cnc(C)nc1C1CCCN(C(=O)c2cscn2)C1. The van der Waals surface area contributed by atoms with E-state index in [9.17, 15) is 4.79 Å². The second-order valence-corrected chi connectivity index (χ2v) is 6.65. The number of amides is 1. The number of rotatable bonds is 5. The molecule has 0 aliphatic carbocycles. The molecule has 24 heavy (non-hydrogen) atoms. The molecule has 0 radical (unpaired) electrons. The van der Waals surface area contributed by atoms with Gasteiger partial charge in [-0.3, -0.25) is 4.79 Å². The van der Waals surface area contributed by atoms with Gasteiger partial charge in [-0.25, -0.2) is 15.0 Å². The second-order valence-electron chi connectivity index (χ2n) is 5.93. The van der Waals surface area contributed by atoms with Gasteiger partial charge in [0.05, 0.1) is 17.8 Å². The Morgan fingerprint density at radius 3 is 3.08 bits per heavy atom. The highest BCUT2D eigenvalue weighted by atomic mass is 32.1. The van der Waals surface area contributed by atoms with E-state index in [2.05, 4.69) is 15.0 Å². The van der Waals surface area contributed by atoms with Crippen molar-refractivity contribution in [1.82, 2.24) is 19.9 Å². The minimum atomic E-state index is 0.0121. The zero-order chi connectivity index (χ0) is 16.9. The number of carbonyl (C=O) groups is 1. The summed E-state index contributed by atoms with van der Waals surface area (Å²) in [5, 5.41) is 1.81. The molecule has 1 aliphatic rings. The molecule has 1 saturated heterocycles. The van der Waals surface area contributed by atoms with Crippen LogP contribution in [-0.4, -0.2) is 45.5 Å². The lowest BCUT2D eigenvalue weighted by molar-refractivity contribution is 0.0699. The lowest BCUT2D eigenvalue weighted by atomic mass is 9.92. The average Bonchev–Trinajstić information content (AvgIpc) is 3.14. The lowest BCUT2D eigenvalue weighted by Gasteiger charge is -2.33. The van der Waals surface area contributed by atoms with Crippen LogP contribution in [0.2, 0.25) is 0 Å². The van der Waals surface area contributed by atoms with Crippen LogP contribution in [0.1, 0.15) is 53.3 Å². The van der Waals surface area contributed by atoms with Gasteiger partial charge < -0.3 is 9.64 Å². The Kier molecular flexibility index (Phi) is 5.52. The number of piperidine rings is 1. The number of aromatic nitrogens is 3. The highest BCUT2D eigenvalue weighted by molar-refractivity contribution is 7.07. The quantitative estimate of drug-likeness (QED) is 0.833. The number of ether oxygens (including phenoxy) is 1. The standard InChI is InChI=1S/C17H22N4O2S/c1-3-23-9-14-7-18-12(2)20-16(14)13-5-4-6-21(8-13)17(22)15-10-24-11-19-15/h7,10-11,13H,3-6,8-9H2,1-2H3. The molecular weight excluding hydrogens is 324 g/mol. The van der Waals surface area contributed by atoms with Gasteiger partial charge in [-0.05, 0) is 26.7 Å². The van der Waals surface area contributed by atoms with Crippen LogP contribution in [0.4, 0.5) is 0 Å². The molecule has 3 heterocycles. The Morgan fingerprint density at radius 2 is 2.33 bits per heavy atom. The Labute approximate surface area is 145 Å². The summed E-state index contributed by atoms with van der Waals surface area (Å²) >= 11 is 1.45. The lowest BCUT2D eigenvalue weighted by Crippen LogP contribution is -2.39. The van der Waals surface area contributed by atoms with Gasteiger partial charge in [0.25, 0.3) is 5.91 Å². The van der Waals surface area contributed by atoms with E-state index in [1.54, 1.807) is 10.9 Å². The van der Waals surface area contributed by atoms with Gasteiger partial charge in [-0.2, -0.15) is 0 Å². The van der Waals surface area contributed by atoms with Crippen molar-refractivity contribution < 1.29 is 9.53 Å². The Morgan fingerprint density at radius 1 is 1.46 bits per heavy atom. The number of likely N-dealkylation sites (tertiary alicyclic amines) is 1. The second kappa shape index (κ2) is 7.81. The van der Waals surface area contributed by atoms with Crippen LogP contribution in [-0.2, 0) is 11.3 Å². The molecule has 0 spiro atoms. The van der Waals surface area contributed by atoms with Crippen LogP contribution in [0.5, 0.6) is 0 Å². The van der Waals surface area contributed by atoms with Gasteiger partial charge in [-0.1, -0.05) is 0 Å². The smallest absolute Gasteiger partial charge is 0.273 e. The summed E-state index contributed by atoms with van der Waals surface area (Å²) in [4.78, 5) is 27.6. The number of carbonyl (C=O) groups excluding carboxylic acids is 1. The average molecular weight is 346 g/mol. The first-order valence-corrected chi connectivity index (χ1v) is 9.21. The van der Waals surface area contributed by atoms with Crippen LogP contribution in [0.3, 0.4) is 0 Å². The van der Waals surface area contributed by atoms with E-state index in [0.29, 0.717) is 25.5 Å². The highest BCUT2D eigenvalue weighted by Crippen LogP contribution is 2.29. The Hall–Kier alpha value is -1.86. The minimum absolute atomic E-state index is 0.0121. The molecule has 1 fully saturated rings. The van der Waals surface area contributed by atoms with Crippen molar-refractivity contribution in [2.75, 3.05) is 19.7 Å². The maximum Gasteiger partial charge on any atom is 0.273 e. The third-order valence-corrected chi connectivity index (χ3v) is 4.81. The first kappa shape index (κ1) is 17.0. The zero-order valence-corrected chi connectivity index (χ0v) is 14.9. The fourth-order valence-electron chi connectivity index (χ4n) is 3.05. The fourth-order valence-corrected chi connectivity index (χ4v) is 3.58. The van der Waals surface area contributed by atoms with E-state index in [0.717, 1.165) is 36.5 Å². The van der Waals surface area contributed by atoms with E-state index < -0.39 is 0 Å². The Bertz CT molecular complexity index is 690. The molecule has 2 aromatic rings. The third kappa shape index (κ3) is 3.79. The van der Waals surface area contributed by atoms with Crippen LogP contribution >= 0.6 is 11.3 Å². The summed E-state index contributed by atoms with van der Waals surface area (Å²) in [7, 11) is 0. The molecule has 128 valence electrons. The fraction of sp³-hybridized carbons (Fsp3) is 0.529. The van der Waals surface area contributed by atoms with E-state index in [1.165, 1.54) is 11.3 Å². The van der Waals surface area contributed by atoms with Crippen molar-refractivity contribution >= 4 is 17.2 Å². The van der Waals surface area contributed by atoms with Crippen molar-refractivity contribution in [2.24, 2.45) is 0 Å². The Balaban J connectivity index is 1.79. The molecule has 1 amide bonds. The van der Waals surface area contributed by atoms with Crippen LogP contribution in [0, 0.1) is 6.92 Å². The van der Waals surface area contributed by atoms with Crippen molar-refractivity contribution in [1.29, 1.82) is 0 Å². The number of hydrogen-bond donors (Lipinski definition) is 0. The maximum atomic E-state index is 12.6.